The highest BCUT2D eigenvalue weighted by Gasteiger charge is 2.34. The van der Waals surface area contributed by atoms with Gasteiger partial charge in [0.25, 0.3) is 0 Å². The smallest absolute Gasteiger partial charge is 0.491 e. The van der Waals surface area contributed by atoms with Gasteiger partial charge in [-0.1, -0.05) is 121 Å². The summed E-state index contributed by atoms with van der Waals surface area (Å²) in [5.41, 5.74) is 0.815. The van der Waals surface area contributed by atoms with Crippen molar-refractivity contribution in [1.82, 2.24) is 0 Å². The highest BCUT2D eigenvalue weighted by Crippen LogP contribution is 2.42. The molecular weight excluding hydrogens is 1030 g/mol. The van der Waals surface area contributed by atoms with Crippen LogP contribution in [0.4, 0.5) is 22.0 Å². The number of benzene rings is 7. The Bertz CT molecular complexity index is 2940. The van der Waals surface area contributed by atoms with Crippen LogP contribution in [0.5, 0.6) is 40.2 Å². The molecule has 7 aromatic carbocycles. The maximum atomic E-state index is 14.7. The third-order valence-corrected chi connectivity index (χ3v) is 12.4. The molecule has 0 aromatic heterocycles. The first-order valence-electron chi connectivity index (χ1n) is 26.2. The number of rotatable bonds is 27. The van der Waals surface area contributed by atoms with E-state index in [2.05, 4.69) is 18.6 Å². The van der Waals surface area contributed by atoms with Gasteiger partial charge in [-0.3, -0.25) is 0 Å². The van der Waals surface area contributed by atoms with Crippen molar-refractivity contribution < 1.29 is 74.3 Å². The minimum Gasteiger partial charge on any atom is -0.491 e. The Kier molecular flexibility index (Phi) is 21.2. The average Bonchev–Trinajstić information content (AvgIpc) is 3.56. The van der Waals surface area contributed by atoms with Crippen LogP contribution in [0, 0.1) is 11.6 Å². The lowest BCUT2D eigenvalue weighted by Gasteiger charge is -2.18. The van der Waals surface area contributed by atoms with Crippen LogP contribution in [0.3, 0.4) is 0 Å². The molecule has 0 saturated carbocycles. The van der Waals surface area contributed by atoms with E-state index in [4.69, 9.17) is 28.4 Å². The molecule has 412 valence electrons. The molecule has 0 bridgehead atoms. The van der Waals surface area contributed by atoms with Crippen molar-refractivity contribution in [1.29, 1.82) is 0 Å². The largest absolute Gasteiger partial charge is 0.573 e. The number of unbranched alkanes of at least 4 members (excludes halogenated alkanes) is 10. The summed E-state index contributed by atoms with van der Waals surface area (Å²) in [5, 5.41) is 0. The number of carbonyl (C=O) groups excluding carboxylic acids is 4. The number of hydrogen-bond acceptors (Lipinski definition) is 11. The minimum absolute atomic E-state index is 0.0372. The molecule has 0 spiro atoms. The maximum absolute atomic E-state index is 14.7. The zero-order chi connectivity index (χ0) is 56.2. The van der Waals surface area contributed by atoms with E-state index < -0.39 is 47.6 Å². The van der Waals surface area contributed by atoms with Gasteiger partial charge in [-0.25, -0.2) is 28.0 Å². The minimum atomic E-state index is -5.09. The van der Waals surface area contributed by atoms with Crippen molar-refractivity contribution in [3.05, 3.63) is 186 Å². The number of alkyl halides is 3. The molecule has 0 atom stereocenters. The van der Waals surface area contributed by atoms with Gasteiger partial charge in [0.15, 0.2) is 23.1 Å². The molecule has 7 rings (SSSR count). The fourth-order valence-corrected chi connectivity index (χ4v) is 8.22. The molecule has 7 aromatic rings. The zero-order valence-electron chi connectivity index (χ0n) is 43.7. The fourth-order valence-electron chi connectivity index (χ4n) is 8.22. The summed E-state index contributed by atoms with van der Waals surface area (Å²) >= 11 is 0. The van der Waals surface area contributed by atoms with Crippen LogP contribution in [-0.2, 0) is 0 Å². The Balaban J connectivity index is 0.916. The first kappa shape index (κ1) is 58.2. The van der Waals surface area contributed by atoms with Crippen molar-refractivity contribution in [2.45, 2.75) is 97.3 Å². The van der Waals surface area contributed by atoms with Crippen molar-refractivity contribution in [3.63, 3.8) is 0 Å². The van der Waals surface area contributed by atoms with Crippen LogP contribution in [0.25, 0.3) is 22.3 Å². The number of ether oxygens (including phenoxy) is 7. The lowest BCUT2D eigenvalue weighted by Crippen LogP contribution is -2.18. The molecule has 0 saturated heterocycles. The van der Waals surface area contributed by atoms with E-state index in [0.29, 0.717) is 24.3 Å². The number of hydrogen-bond donors (Lipinski definition) is 0. The lowest BCUT2D eigenvalue weighted by atomic mass is 9.97. The van der Waals surface area contributed by atoms with E-state index in [1.54, 1.807) is 6.07 Å². The van der Waals surface area contributed by atoms with Crippen molar-refractivity contribution in [2.24, 2.45) is 0 Å². The summed E-state index contributed by atoms with van der Waals surface area (Å²) in [7, 11) is 0. The molecule has 0 heterocycles. The van der Waals surface area contributed by atoms with E-state index in [1.807, 2.05) is 0 Å². The lowest BCUT2D eigenvalue weighted by molar-refractivity contribution is -0.274. The second-order valence-electron chi connectivity index (χ2n) is 18.4. The average molecular weight is 1090 g/mol. The fraction of sp³-hybridized carbons (Fsp3) is 0.270. The molecule has 16 heteroatoms. The number of halogens is 5. The summed E-state index contributed by atoms with van der Waals surface area (Å²) in [6.07, 6.45) is 7.61. The number of esters is 4. The van der Waals surface area contributed by atoms with Crippen LogP contribution in [0.15, 0.2) is 152 Å². The normalized spacial score (nSPS) is 11.1. The van der Waals surface area contributed by atoms with Crippen LogP contribution < -0.4 is 33.2 Å². The standard InChI is InChI=1S/C63H59F5O11/c1-3-5-7-9-11-13-38-73-56-36-26-46(40-54(56)64)61(71)77-50-32-22-44(23-33-50)59(69)75-48-28-18-42(19-29-48)52-16-15-17-53(58(52)79-63(66,67)68)43-20-30-49(31-21-43)76-60(70)45-24-34-51(35-25-45)78-62(72)47-27-37-57(55(65)41-47)74-39-14-12-10-8-6-4-2/h15-37,40-41H,3-14,38-39H2,1-2H3. The molecule has 0 aliphatic heterocycles. The van der Waals surface area contributed by atoms with Gasteiger partial charge in [-0.2, -0.15) is 0 Å². The van der Waals surface area contributed by atoms with Gasteiger partial charge in [-0.05, 0) is 133 Å². The van der Waals surface area contributed by atoms with Crippen LogP contribution in [-0.4, -0.2) is 43.5 Å². The third kappa shape index (κ3) is 17.5. The third-order valence-electron chi connectivity index (χ3n) is 12.4. The Morgan fingerprint density at radius 2 is 0.709 bits per heavy atom. The van der Waals surface area contributed by atoms with Crippen LogP contribution >= 0.6 is 0 Å². The van der Waals surface area contributed by atoms with E-state index in [0.717, 1.165) is 76.3 Å². The second kappa shape index (κ2) is 28.7. The van der Waals surface area contributed by atoms with Gasteiger partial charge in [0.05, 0.1) is 35.5 Å². The van der Waals surface area contributed by atoms with Crippen molar-refractivity contribution >= 4 is 23.9 Å². The van der Waals surface area contributed by atoms with Gasteiger partial charge in [0.1, 0.15) is 28.7 Å². The van der Waals surface area contributed by atoms with Crippen molar-refractivity contribution in [3.8, 4) is 62.5 Å². The summed E-state index contributed by atoms with van der Waals surface area (Å²) in [5.74, 6) is -4.73. The molecule has 0 N–H and O–H groups in total. The summed E-state index contributed by atoms with van der Waals surface area (Å²) in [6.45, 7) is 5.01. The zero-order valence-corrected chi connectivity index (χ0v) is 43.7. The molecular formula is C63H59F5O11. The van der Waals surface area contributed by atoms with Crippen LogP contribution in [0.2, 0.25) is 0 Å². The van der Waals surface area contributed by atoms with Gasteiger partial charge >= 0.3 is 30.2 Å². The maximum Gasteiger partial charge on any atom is 0.573 e. The number of para-hydroxylation sites is 1. The van der Waals surface area contributed by atoms with E-state index in [1.165, 1.54) is 146 Å². The molecule has 0 aliphatic carbocycles. The summed E-state index contributed by atoms with van der Waals surface area (Å²) in [4.78, 5) is 51.8. The summed E-state index contributed by atoms with van der Waals surface area (Å²) < 4.78 is 109. The first-order chi connectivity index (χ1) is 38.2. The van der Waals surface area contributed by atoms with Gasteiger partial charge in [-0.15, -0.1) is 13.2 Å². The van der Waals surface area contributed by atoms with E-state index in [9.17, 15) is 41.1 Å². The SMILES string of the molecule is CCCCCCCCOc1ccc(C(=O)Oc2ccc(C(=O)Oc3ccc(-c4cccc(-c5ccc(OC(=O)c6ccc(OC(=O)c7ccc(OCCCCCCCC)c(F)c7)cc6)cc5)c4OC(F)(F)F)cc3)cc2)cc1F. The quantitative estimate of drug-likeness (QED) is 0.0211. The van der Waals surface area contributed by atoms with E-state index >= 15 is 0 Å². The predicted octanol–water partition coefficient (Wildman–Crippen LogP) is 16.6. The second-order valence-corrected chi connectivity index (χ2v) is 18.4. The highest BCUT2D eigenvalue weighted by molar-refractivity contribution is 5.94. The summed E-state index contributed by atoms with van der Waals surface area (Å²) in [6, 6.07) is 34.4. The molecule has 11 nitrogen and oxygen atoms in total. The molecule has 0 aliphatic rings. The van der Waals surface area contributed by atoms with E-state index in [-0.39, 0.29) is 67.9 Å². The predicted molar refractivity (Wildman–Crippen MR) is 287 cm³/mol. The molecule has 0 radical (unpaired) electrons. The number of carbonyl (C=O) groups is 4. The van der Waals surface area contributed by atoms with Gasteiger partial charge < -0.3 is 33.2 Å². The highest BCUT2D eigenvalue weighted by atomic mass is 19.4. The van der Waals surface area contributed by atoms with Gasteiger partial charge in [0.2, 0.25) is 0 Å². The van der Waals surface area contributed by atoms with Gasteiger partial charge in [0, 0.05) is 11.1 Å². The van der Waals surface area contributed by atoms with Crippen molar-refractivity contribution in [2.75, 3.05) is 13.2 Å². The monoisotopic (exact) mass is 1090 g/mol. The molecule has 0 amide bonds. The first-order valence-corrected chi connectivity index (χ1v) is 26.2. The molecule has 79 heavy (non-hydrogen) atoms. The Hall–Kier alpha value is -8.53. The molecule has 0 unspecified atom stereocenters. The molecule has 0 fully saturated rings. The Morgan fingerprint density at radius 1 is 0.392 bits per heavy atom. The topological polar surface area (TPSA) is 133 Å². The Morgan fingerprint density at radius 3 is 1.05 bits per heavy atom. The van der Waals surface area contributed by atoms with Crippen LogP contribution in [0.1, 0.15) is 132 Å². The Labute approximate surface area is 455 Å².